The number of methoxy groups -OCH3 is 4. The Kier molecular flexibility index (Phi) is 11.4. The standard InChI is InChI=1S/C30H42N2O12S/c1-30(2)16-43-29(44-17-30)28-21(13-27(36)42-6)19(9-11-25(34)40-4)22(31-28)14-23-20(12-26(35)41-5)18(8-10-24(33)39-3)15-32(23)45(7,37)38/h15,29,31H,8-14,16-17H2,1-7H3/i14D. The number of H-pyrrole nitrogens is 1. The van der Waals surface area contributed by atoms with Gasteiger partial charge in [0.1, 0.15) is 0 Å². The summed E-state index contributed by atoms with van der Waals surface area (Å²) in [5.41, 5.74) is 1.31. The lowest BCUT2D eigenvalue weighted by molar-refractivity contribution is -0.228. The summed E-state index contributed by atoms with van der Waals surface area (Å²) < 4.78 is 68.0. The average molecular weight is 656 g/mol. The summed E-state index contributed by atoms with van der Waals surface area (Å²) in [5, 5.41) is 0. The number of aromatic amines is 1. The number of rotatable bonds is 14. The summed E-state index contributed by atoms with van der Waals surface area (Å²) in [5.74, 6) is -2.42. The Balaban J connectivity index is 2.32. The molecule has 1 aliphatic rings. The van der Waals surface area contributed by atoms with Crippen molar-refractivity contribution in [3.63, 3.8) is 0 Å². The van der Waals surface area contributed by atoms with Crippen LogP contribution in [-0.2, 0) is 89.7 Å². The van der Waals surface area contributed by atoms with Crippen LogP contribution in [0, 0.1) is 5.41 Å². The number of nitrogens with zero attached hydrogens (tertiary/aromatic N) is 1. The normalized spacial score (nSPS) is 16.0. The fourth-order valence-corrected chi connectivity index (χ4v) is 5.80. The molecule has 1 fully saturated rings. The van der Waals surface area contributed by atoms with E-state index in [1.54, 1.807) is 0 Å². The van der Waals surface area contributed by atoms with Gasteiger partial charge in [0, 0.05) is 43.6 Å². The Hall–Kier alpha value is -3.69. The Bertz CT molecular complexity index is 1550. The monoisotopic (exact) mass is 655 g/mol. The number of carbonyl (C=O) groups excluding carboxylic acids is 4. The molecule has 15 heteroatoms. The van der Waals surface area contributed by atoms with Crippen LogP contribution in [0.3, 0.4) is 0 Å². The van der Waals surface area contributed by atoms with E-state index >= 15 is 0 Å². The second kappa shape index (κ2) is 15.1. The summed E-state index contributed by atoms with van der Waals surface area (Å²) in [6.07, 6.45) is -1.18. The smallest absolute Gasteiger partial charge is 0.310 e. The van der Waals surface area contributed by atoms with Crippen LogP contribution in [0.4, 0.5) is 0 Å². The SMILES string of the molecule is [2H]C(c1[nH]c(C2OCC(C)(C)CO2)c(CC(=O)OC)c1CCC(=O)OC)c1c(CC(=O)OC)c(CCC(=O)OC)cn1S(C)(=O)=O. The summed E-state index contributed by atoms with van der Waals surface area (Å²) in [4.78, 5) is 52.6. The van der Waals surface area contributed by atoms with E-state index in [2.05, 4.69) is 4.98 Å². The summed E-state index contributed by atoms with van der Waals surface area (Å²) in [6, 6.07) is 0. The lowest BCUT2D eigenvalue weighted by Crippen LogP contribution is -2.34. The van der Waals surface area contributed by atoms with Crippen molar-refractivity contribution in [2.75, 3.05) is 47.9 Å². The largest absolute Gasteiger partial charge is 0.469 e. The quantitative estimate of drug-likeness (QED) is 0.231. The fourth-order valence-electron chi connectivity index (χ4n) is 4.96. The van der Waals surface area contributed by atoms with Crippen molar-refractivity contribution >= 4 is 33.9 Å². The van der Waals surface area contributed by atoms with Gasteiger partial charge >= 0.3 is 23.9 Å². The second-order valence-electron chi connectivity index (χ2n) is 11.4. The van der Waals surface area contributed by atoms with Crippen molar-refractivity contribution in [1.82, 2.24) is 8.96 Å². The topological polar surface area (TPSA) is 179 Å². The molecular weight excluding hydrogens is 612 g/mol. The van der Waals surface area contributed by atoms with Gasteiger partial charge in [0.25, 0.3) is 0 Å². The van der Waals surface area contributed by atoms with Crippen molar-refractivity contribution in [2.45, 2.75) is 65.1 Å². The van der Waals surface area contributed by atoms with Gasteiger partial charge in [-0.25, -0.2) is 12.4 Å². The number of carbonyl (C=O) groups is 4. The predicted octanol–water partition coefficient (Wildman–Crippen LogP) is 1.93. The number of aromatic nitrogens is 2. The number of aryl methyl sites for hydroxylation is 1. The third-order valence-electron chi connectivity index (χ3n) is 7.35. The van der Waals surface area contributed by atoms with Crippen LogP contribution in [0.5, 0.6) is 0 Å². The minimum absolute atomic E-state index is 0.000453. The molecule has 1 N–H and O–H groups in total. The number of hydrogen-bond donors (Lipinski definition) is 1. The zero-order valence-electron chi connectivity index (χ0n) is 27.6. The molecule has 3 rings (SSSR count). The van der Waals surface area contributed by atoms with Crippen molar-refractivity contribution in [3.05, 3.63) is 45.5 Å². The highest BCUT2D eigenvalue weighted by molar-refractivity contribution is 7.89. The van der Waals surface area contributed by atoms with Gasteiger partial charge in [0.2, 0.25) is 10.0 Å². The Labute approximate surface area is 264 Å². The molecule has 1 unspecified atom stereocenters. The van der Waals surface area contributed by atoms with Gasteiger partial charge < -0.3 is 33.4 Å². The lowest BCUT2D eigenvalue weighted by atomic mass is 9.94. The number of hydrogen-bond acceptors (Lipinski definition) is 12. The Morgan fingerprint density at radius 3 is 1.91 bits per heavy atom. The van der Waals surface area contributed by atoms with Gasteiger partial charge in [-0.15, -0.1) is 0 Å². The average Bonchev–Trinajstić information content (AvgIpc) is 3.56. The molecule has 0 spiro atoms. The van der Waals surface area contributed by atoms with E-state index in [0.29, 0.717) is 35.6 Å². The molecule has 45 heavy (non-hydrogen) atoms. The zero-order chi connectivity index (χ0) is 34.4. The van der Waals surface area contributed by atoms with E-state index < -0.39 is 53.0 Å². The molecule has 250 valence electrons. The molecule has 1 aliphatic heterocycles. The van der Waals surface area contributed by atoms with Crippen LogP contribution >= 0.6 is 0 Å². The van der Waals surface area contributed by atoms with Gasteiger partial charge in [-0.3, -0.25) is 19.2 Å². The highest BCUT2D eigenvalue weighted by Gasteiger charge is 2.34. The van der Waals surface area contributed by atoms with Crippen LogP contribution in [0.15, 0.2) is 6.20 Å². The van der Waals surface area contributed by atoms with Crippen molar-refractivity contribution < 1.29 is 57.4 Å². The fraction of sp³-hybridized carbons (Fsp3) is 0.600. The third-order valence-corrected chi connectivity index (χ3v) is 8.36. The number of ether oxygens (including phenoxy) is 6. The van der Waals surface area contributed by atoms with Crippen molar-refractivity contribution in [3.8, 4) is 0 Å². The molecule has 3 heterocycles. The summed E-state index contributed by atoms with van der Waals surface area (Å²) in [7, 11) is 0.786. The molecule has 0 saturated carbocycles. The van der Waals surface area contributed by atoms with E-state index in [9.17, 15) is 29.0 Å². The summed E-state index contributed by atoms with van der Waals surface area (Å²) >= 11 is 0. The van der Waals surface area contributed by atoms with Gasteiger partial charge in [-0.2, -0.15) is 0 Å². The molecule has 0 aliphatic carbocycles. The van der Waals surface area contributed by atoms with Crippen LogP contribution in [-0.4, -0.2) is 89.2 Å². The first-order valence-corrected chi connectivity index (χ1v) is 16.0. The van der Waals surface area contributed by atoms with E-state index in [0.717, 1.165) is 10.2 Å². The first kappa shape index (κ1) is 34.2. The lowest BCUT2D eigenvalue weighted by Gasteiger charge is -2.34. The van der Waals surface area contributed by atoms with E-state index in [-0.39, 0.29) is 54.5 Å². The van der Waals surface area contributed by atoms with Gasteiger partial charge in [0.15, 0.2) is 6.29 Å². The predicted molar refractivity (Wildman–Crippen MR) is 159 cm³/mol. The molecule has 1 atom stereocenters. The molecule has 1 saturated heterocycles. The number of nitrogens with one attached hydrogen (secondary N) is 1. The molecule has 14 nitrogen and oxygen atoms in total. The zero-order valence-corrected chi connectivity index (χ0v) is 27.5. The minimum Gasteiger partial charge on any atom is -0.469 e. The molecule has 0 amide bonds. The van der Waals surface area contributed by atoms with Crippen LogP contribution in [0.25, 0.3) is 0 Å². The first-order chi connectivity index (χ1) is 21.6. The molecule has 0 bridgehead atoms. The Morgan fingerprint density at radius 1 is 0.889 bits per heavy atom. The van der Waals surface area contributed by atoms with Crippen LogP contribution in [0.1, 0.15) is 73.7 Å². The minimum atomic E-state index is -4.06. The highest BCUT2D eigenvalue weighted by atomic mass is 32.2. The summed E-state index contributed by atoms with van der Waals surface area (Å²) in [6.45, 7) is 4.55. The molecule has 0 aromatic carbocycles. The van der Waals surface area contributed by atoms with Gasteiger partial charge in [-0.05, 0) is 35.1 Å². The van der Waals surface area contributed by atoms with Gasteiger partial charge in [-0.1, -0.05) is 13.8 Å². The molecular formula is C30H42N2O12S. The molecule has 2 aromatic rings. The van der Waals surface area contributed by atoms with E-state index in [4.69, 9.17) is 28.4 Å². The van der Waals surface area contributed by atoms with E-state index in [1.165, 1.54) is 34.6 Å². The Morgan fingerprint density at radius 2 is 1.40 bits per heavy atom. The van der Waals surface area contributed by atoms with Crippen LogP contribution < -0.4 is 0 Å². The van der Waals surface area contributed by atoms with Gasteiger partial charge in [0.05, 0.1) is 66.4 Å². The highest BCUT2D eigenvalue weighted by Crippen LogP contribution is 2.36. The maximum Gasteiger partial charge on any atom is 0.310 e. The van der Waals surface area contributed by atoms with Crippen molar-refractivity contribution in [2.24, 2.45) is 5.41 Å². The third kappa shape index (κ3) is 9.17. The molecule has 0 radical (unpaired) electrons. The molecule has 2 aromatic heterocycles. The van der Waals surface area contributed by atoms with Crippen LogP contribution in [0.2, 0.25) is 0 Å². The second-order valence-corrected chi connectivity index (χ2v) is 13.3. The first-order valence-electron chi connectivity index (χ1n) is 14.7. The number of esters is 4. The maximum absolute atomic E-state index is 13.1. The van der Waals surface area contributed by atoms with E-state index in [1.807, 2.05) is 13.8 Å². The van der Waals surface area contributed by atoms with Crippen molar-refractivity contribution in [1.29, 1.82) is 0 Å². The maximum atomic E-state index is 13.1.